The second-order valence-corrected chi connectivity index (χ2v) is 12.4. The third-order valence-electron chi connectivity index (χ3n) is 6.88. The molecule has 0 amide bonds. The fourth-order valence-corrected chi connectivity index (χ4v) is 6.09. The first-order chi connectivity index (χ1) is 19.8. The summed E-state index contributed by atoms with van der Waals surface area (Å²) in [6.45, 7) is 3.45. The summed E-state index contributed by atoms with van der Waals surface area (Å²) in [4.78, 5) is 17.8. The topological polar surface area (TPSA) is 113 Å². The van der Waals surface area contributed by atoms with Crippen molar-refractivity contribution in [1.82, 2.24) is 20.1 Å². The van der Waals surface area contributed by atoms with E-state index >= 15 is 0 Å². The van der Waals surface area contributed by atoms with E-state index in [2.05, 4.69) is 15.2 Å². The number of piperidine rings is 1. The fraction of sp³-hybridized carbons (Fsp3) is 0.520. The number of carbonyl (C=O) groups is 1. The number of aromatic nitrogens is 3. The fourth-order valence-electron chi connectivity index (χ4n) is 4.45. The summed E-state index contributed by atoms with van der Waals surface area (Å²) >= 11 is 13.1. The number of alkyl halides is 7. The number of thiazole rings is 1. The lowest BCUT2D eigenvalue weighted by molar-refractivity contribution is -0.376. The maximum absolute atomic E-state index is 14.1. The van der Waals surface area contributed by atoms with E-state index < -0.39 is 51.1 Å². The highest BCUT2D eigenvalue weighted by Crippen LogP contribution is 2.54. The zero-order chi connectivity index (χ0) is 32.1. The second kappa shape index (κ2) is 11.8. The van der Waals surface area contributed by atoms with Gasteiger partial charge in [0.05, 0.1) is 26.0 Å². The molecule has 1 saturated heterocycles. The number of likely N-dealkylation sites (tertiary alicyclic amines) is 1. The van der Waals surface area contributed by atoms with Crippen LogP contribution in [0.2, 0.25) is 10.0 Å². The van der Waals surface area contributed by atoms with Gasteiger partial charge in [-0.15, -0.1) is 21.5 Å². The average molecular weight is 679 g/mol. The number of halogens is 9. The Morgan fingerprint density at radius 3 is 2.35 bits per heavy atom. The van der Waals surface area contributed by atoms with Crippen molar-refractivity contribution in [2.45, 2.75) is 63.8 Å². The van der Waals surface area contributed by atoms with Gasteiger partial charge in [0.25, 0.3) is 11.5 Å². The molecule has 3 aromatic rings. The molecule has 0 aliphatic carbocycles. The van der Waals surface area contributed by atoms with E-state index in [1.807, 2.05) is 0 Å². The number of carboxylic acids is 1. The molecule has 3 heterocycles. The molecule has 2 N–H and O–H groups in total. The van der Waals surface area contributed by atoms with Gasteiger partial charge in [0.15, 0.2) is 5.01 Å². The average Bonchev–Trinajstić information content (AvgIpc) is 3.50. The molecule has 1 atom stereocenters. The SMILES string of the molecule is CC(C)(Cc1nnc(-c2nc(CN3CCC[C@@H](F)C3)c(-c3ccc(C(O)(C(F)(F)F)C(F)(F)F)c(Cl)c3Cl)s2)o1)C(=O)O. The number of aliphatic carboxylic acids is 1. The molecule has 1 aliphatic rings. The first-order valence-electron chi connectivity index (χ1n) is 12.5. The van der Waals surface area contributed by atoms with E-state index in [1.54, 1.807) is 4.90 Å². The van der Waals surface area contributed by atoms with Crippen LogP contribution in [0.5, 0.6) is 0 Å². The Morgan fingerprint density at radius 2 is 1.77 bits per heavy atom. The molecule has 18 heteroatoms. The van der Waals surface area contributed by atoms with Gasteiger partial charge in [-0.1, -0.05) is 35.3 Å². The number of carboxylic acid groups (broad SMARTS) is 1. The largest absolute Gasteiger partial charge is 0.481 e. The van der Waals surface area contributed by atoms with Gasteiger partial charge in [-0.05, 0) is 33.2 Å². The predicted molar refractivity (Wildman–Crippen MR) is 141 cm³/mol. The van der Waals surface area contributed by atoms with Crippen LogP contribution >= 0.6 is 34.5 Å². The molecule has 8 nitrogen and oxygen atoms in total. The molecule has 0 spiro atoms. The lowest BCUT2D eigenvalue weighted by Gasteiger charge is -2.33. The molecule has 4 rings (SSSR count). The van der Waals surface area contributed by atoms with Crippen molar-refractivity contribution in [2.24, 2.45) is 5.41 Å². The Morgan fingerprint density at radius 1 is 1.12 bits per heavy atom. The zero-order valence-electron chi connectivity index (χ0n) is 22.3. The van der Waals surface area contributed by atoms with Crippen molar-refractivity contribution in [3.05, 3.63) is 39.3 Å². The maximum Gasteiger partial charge on any atom is 0.430 e. The quantitative estimate of drug-likeness (QED) is 0.244. The van der Waals surface area contributed by atoms with Crippen molar-refractivity contribution >= 4 is 40.5 Å². The summed E-state index contributed by atoms with van der Waals surface area (Å²) < 4.78 is 101. The minimum atomic E-state index is -6.19. The molecular weight excluding hydrogens is 656 g/mol. The van der Waals surface area contributed by atoms with Crippen molar-refractivity contribution < 1.29 is 50.2 Å². The molecule has 0 radical (unpaired) electrons. The van der Waals surface area contributed by atoms with Gasteiger partial charge in [0.2, 0.25) is 5.89 Å². The van der Waals surface area contributed by atoms with Crippen molar-refractivity contribution in [1.29, 1.82) is 0 Å². The summed E-state index contributed by atoms with van der Waals surface area (Å²) in [6, 6.07) is 1.22. The number of rotatable bonds is 8. The smallest absolute Gasteiger partial charge is 0.430 e. The van der Waals surface area contributed by atoms with E-state index in [9.17, 15) is 45.7 Å². The van der Waals surface area contributed by atoms with Crippen molar-refractivity contribution in [3.8, 4) is 21.3 Å². The van der Waals surface area contributed by atoms with Gasteiger partial charge in [-0.25, -0.2) is 9.37 Å². The standard InChI is InChI=1S/C25H23Cl2F7N4O4S/c1-22(2,21(39)40)8-15-36-37-19(42-15)20-35-14(10-38-7-3-4-11(28)9-38)18(43-20)12-5-6-13(17(27)16(12)26)23(41,24(29,30)31)25(32,33)34/h5-6,11,41H,3-4,7-10H2,1-2H3,(H,39,40)/t11-/m1/s1. The molecule has 0 unspecified atom stereocenters. The van der Waals surface area contributed by atoms with E-state index in [4.69, 9.17) is 27.6 Å². The summed E-state index contributed by atoms with van der Waals surface area (Å²) in [5.74, 6) is -1.28. The first-order valence-corrected chi connectivity index (χ1v) is 14.1. The molecule has 0 saturated carbocycles. The molecule has 1 fully saturated rings. The van der Waals surface area contributed by atoms with Gasteiger partial charge >= 0.3 is 18.3 Å². The van der Waals surface area contributed by atoms with Crippen LogP contribution in [0.25, 0.3) is 21.3 Å². The van der Waals surface area contributed by atoms with Crippen molar-refractivity contribution in [2.75, 3.05) is 13.1 Å². The van der Waals surface area contributed by atoms with Crippen LogP contribution in [0.3, 0.4) is 0 Å². The van der Waals surface area contributed by atoms with Crippen LogP contribution in [0.1, 0.15) is 43.8 Å². The minimum absolute atomic E-state index is 0.0179. The number of nitrogens with zero attached hydrogens (tertiary/aromatic N) is 4. The Bertz CT molecular complexity index is 1500. The molecule has 1 aromatic carbocycles. The number of benzene rings is 1. The van der Waals surface area contributed by atoms with Crippen LogP contribution in [-0.4, -0.2) is 67.9 Å². The van der Waals surface area contributed by atoms with Gasteiger partial charge in [0.1, 0.15) is 6.17 Å². The van der Waals surface area contributed by atoms with E-state index in [-0.39, 0.29) is 52.4 Å². The molecular formula is C25H23Cl2F7N4O4S. The summed E-state index contributed by atoms with van der Waals surface area (Å²) in [7, 11) is 0. The molecule has 43 heavy (non-hydrogen) atoms. The van der Waals surface area contributed by atoms with E-state index in [0.29, 0.717) is 25.5 Å². The Balaban J connectivity index is 1.81. The zero-order valence-corrected chi connectivity index (χ0v) is 24.6. The highest BCUT2D eigenvalue weighted by Gasteiger charge is 2.72. The molecule has 1 aliphatic heterocycles. The van der Waals surface area contributed by atoms with Crippen LogP contribution in [0.4, 0.5) is 30.7 Å². The molecule has 236 valence electrons. The summed E-state index contributed by atoms with van der Waals surface area (Å²) in [5, 5.41) is 25.2. The van der Waals surface area contributed by atoms with E-state index in [0.717, 1.165) is 17.4 Å². The summed E-state index contributed by atoms with van der Waals surface area (Å²) in [5.41, 5.74) is -8.17. The second-order valence-electron chi connectivity index (χ2n) is 10.6. The Kier molecular flexibility index (Phi) is 9.13. The summed E-state index contributed by atoms with van der Waals surface area (Å²) in [6.07, 6.45) is -12.7. The minimum Gasteiger partial charge on any atom is -0.481 e. The highest BCUT2D eigenvalue weighted by atomic mass is 35.5. The Labute approximate surface area is 253 Å². The van der Waals surface area contributed by atoms with Crippen LogP contribution < -0.4 is 0 Å². The lowest BCUT2D eigenvalue weighted by atomic mass is 9.90. The van der Waals surface area contributed by atoms with E-state index in [1.165, 1.54) is 13.8 Å². The first kappa shape index (κ1) is 33.4. The van der Waals surface area contributed by atoms with Gasteiger partial charge < -0.3 is 14.6 Å². The lowest BCUT2D eigenvalue weighted by Crippen LogP contribution is -2.54. The van der Waals surface area contributed by atoms with Crippen LogP contribution in [-0.2, 0) is 23.4 Å². The monoisotopic (exact) mass is 678 g/mol. The number of hydrogen-bond donors (Lipinski definition) is 2. The van der Waals surface area contributed by atoms with Crippen LogP contribution in [0.15, 0.2) is 16.5 Å². The number of aliphatic hydroxyl groups is 1. The van der Waals surface area contributed by atoms with Gasteiger partial charge in [0, 0.05) is 30.6 Å². The third-order valence-corrected chi connectivity index (χ3v) is 8.88. The normalized spacial score (nSPS) is 17.4. The van der Waals surface area contributed by atoms with Gasteiger partial charge in [-0.3, -0.25) is 9.69 Å². The van der Waals surface area contributed by atoms with Crippen molar-refractivity contribution in [3.63, 3.8) is 0 Å². The Hall–Kier alpha value is -2.53. The van der Waals surface area contributed by atoms with Gasteiger partial charge in [-0.2, -0.15) is 26.3 Å². The highest BCUT2D eigenvalue weighted by molar-refractivity contribution is 7.18. The maximum atomic E-state index is 14.1. The number of hydrogen-bond acceptors (Lipinski definition) is 8. The third kappa shape index (κ3) is 6.48. The molecule has 2 aromatic heterocycles. The predicted octanol–water partition coefficient (Wildman–Crippen LogP) is 7.07. The molecule has 0 bridgehead atoms. The van der Waals surface area contributed by atoms with Crippen LogP contribution in [0, 0.1) is 5.41 Å².